The number of nitrogens with zero attached hydrogens (tertiary/aromatic N) is 1. The number of likely N-dealkylation sites (N-methyl/N-ethyl adjacent to an activating group) is 1. The monoisotopic (exact) mass is 218 g/mol. The van der Waals surface area contributed by atoms with Gasteiger partial charge in [-0.15, -0.1) is 0 Å². The van der Waals surface area contributed by atoms with Crippen LogP contribution in [0.15, 0.2) is 24.3 Å². The predicted octanol–water partition coefficient (Wildman–Crippen LogP) is 1.23. The molecule has 0 fully saturated rings. The zero-order valence-corrected chi connectivity index (χ0v) is 9.36. The molecule has 1 atom stereocenters. The summed E-state index contributed by atoms with van der Waals surface area (Å²) >= 11 is 0. The summed E-state index contributed by atoms with van der Waals surface area (Å²) < 4.78 is 0. The number of carbonyl (C=O) groups is 2. The maximum absolute atomic E-state index is 12.0. The van der Waals surface area contributed by atoms with E-state index >= 15 is 0 Å². The Bertz CT molecular complexity index is 442. The molecule has 16 heavy (non-hydrogen) atoms. The van der Waals surface area contributed by atoms with Gasteiger partial charge in [0.2, 0.25) is 5.91 Å². The predicted molar refractivity (Wildman–Crippen MR) is 61.0 cm³/mol. The fourth-order valence-corrected chi connectivity index (χ4v) is 2.05. The second-order valence-electron chi connectivity index (χ2n) is 3.77. The Hall–Kier alpha value is -1.84. The lowest BCUT2D eigenvalue weighted by Gasteiger charge is -2.15. The number of para-hydroxylation sites is 1. The Kier molecular flexibility index (Phi) is 2.64. The maximum atomic E-state index is 12.0. The van der Waals surface area contributed by atoms with E-state index in [-0.39, 0.29) is 11.8 Å². The summed E-state index contributed by atoms with van der Waals surface area (Å²) in [6.45, 7) is 3.96. The van der Waals surface area contributed by atoms with E-state index < -0.39 is 6.04 Å². The second-order valence-corrected chi connectivity index (χ2v) is 3.77. The summed E-state index contributed by atoms with van der Waals surface area (Å²) in [6.07, 6.45) is 0. The minimum Gasteiger partial charge on any atom is -0.341 e. The molecule has 0 aromatic heterocycles. The zero-order valence-electron chi connectivity index (χ0n) is 9.36. The van der Waals surface area contributed by atoms with Crippen LogP contribution in [-0.2, 0) is 9.59 Å². The molecule has 4 heteroatoms. The largest absolute Gasteiger partial charge is 0.341 e. The second kappa shape index (κ2) is 3.96. The number of nitrogens with one attached hydrogen (secondary N) is 1. The Morgan fingerprint density at radius 2 is 2.12 bits per heavy atom. The van der Waals surface area contributed by atoms with Crippen molar-refractivity contribution in [2.24, 2.45) is 0 Å². The molecule has 0 spiro atoms. The van der Waals surface area contributed by atoms with Crippen molar-refractivity contribution in [3.8, 4) is 0 Å². The van der Waals surface area contributed by atoms with E-state index in [0.29, 0.717) is 6.54 Å². The first-order valence-electron chi connectivity index (χ1n) is 5.32. The van der Waals surface area contributed by atoms with Gasteiger partial charge in [0.1, 0.15) is 6.04 Å². The summed E-state index contributed by atoms with van der Waals surface area (Å²) in [4.78, 5) is 24.8. The van der Waals surface area contributed by atoms with Crippen LogP contribution in [0.4, 0.5) is 5.69 Å². The third-order valence-corrected chi connectivity index (χ3v) is 2.72. The molecule has 2 rings (SSSR count). The fraction of sp³-hybridized carbons (Fsp3) is 0.333. The number of carbonyl (C=O) groups excluding carboxylic acids is 2. The van der Waals surface area contributed by atoms with Crippen LogP contribution >= 0.6 is 0 Å². The molecule has 4 nitrogen and oxygen atoms in total. The Morgan fingerprint density at radius 3 is 2.75 bits per heavy atom. The Morgan fingerprint density at radius 1 is 1.44 bits per heavy atom. The molecular weight excluding hydrogens is 204 g/mol. The molecular formula is C12H14N2O2. The van der Waals surface area contributed by atoms with Gasteiger partial charge in [0.15, 0.2) is 0 Å². The summed E-state index contributed by atoms with van der Waals surface area (Å²) in [5.41, 5.74) is 1.78. The first-order chi connectivity index (χ1) is 7.65. The molecule has 1 aromatic carbocycles. The van der Waals surface area contributed by atoms with Gasteiger partial charge >= 0.3 is 0 Å². The van der Waals surface area contributed by atoms with Crippen LogP contribution in [0.5, 0.6) is 0 Å². The molecule has 84 valence electrons. The highest BCUT2D eigenvalue weighted by atomic mass is 16.2. The van der Waals surface area contributed by atoms with Crippen molar-refractivity contribution in [1.29, 1.82) is 0 Å². The van der Waals surface area contributed by atoms with Gasteiger partial charge in [0, 0.05) is 24.7 Å². The molecule has 2 amide bonds. The van der Waals surface area contributed by atoms with E-state index in [1.54, 1.807) is 4.90 Å². The first-order valence-corrected chi connectivity index (χ1v) is 5.32. The quantitative estimate of drug-likeness (QED) is 0.811. The molecule has 1 aromatic rings. The van der Waals surface area contributed by atoms with Crippen molar-refractivity contribution in [3.63, 3.8) is 0 Å². The van der Waals surface area contributed by atoms with Gasteiger partial charge in [0.25, 0.3) is 5.91 Å². The van der Waals surface area contributed by atoms with Gasteiger partial charge in [-0.1, -0.05) is 18.2 Å². The van der Waals surface area contributed by atoms with E-state index in [1.807, 2.05) is 31.2 Å². The number of hydrogen-bond donors (Lipinski definition) is 1. The lowest BCUT2D eigenvalue weighted by atomic mass is 10.1. The third-order valence-electron chi connectivity index (χ3n) is 2.72. The van der Waals surface area contributed by atoms with E-state index in [0.717, 1.165) is 11.3 Å². The number of amides is 2. The third kappa shape index (κ3) is 1.56. The first kappa shape index (κ1) is 10.7. The lowest BCUT2D eigenvalue weighted by Crippen LogP contribution is -2.36. The average molecular weight is 218 g/mol. The van der Waals surface area contributed by atoms with E-state index in [4.69, 9.17) is 0 Å². The van der Waals surface area contributed by atoms with Crippen molar-refractivity contribution >= 4 is 17.5 Å². The van der Waals surface area contributed by atoms with Gasteiger partial charge in [-0.2, -0.15) is 0 Å². The molecule has 0 saturated carbocycles. The van der Waals surface area contributed by atoms with Crippen molar-refractivity contribution in [3.05, 3.63) is 29.8 Å². The van der Waals surface area contributed by atoms with E-state index in [1.165, 1.54) is 6.92 Å². The van der Waals surface area contributed by atoms with Gasteiger partial charge in [-0.25, -0.2) is 0 Å². The molecule has 1 unspecified atom stereocenters. The SMILES string of the molecule is CCN1C(=O)C(NC(C)=O)c2ccccc21. The topological polar surface area (TPSA) is 49.4 Å². The highest BCUT2D eigenvalue weighted by Crippen LogP contribution is 2.35. The number of fused-ring (bicyclic) bond motifs is 1. The van der Waals surface area contributed by atoms with Crippen LogP contribution in [0.3, 0.4) is 0 Å². The van der Waals surface area contributed by atoms with Gasteiger partial charge in [-0.3, -0.25) is 9.59 Å². The highest BCUT2D eigenvalue weighted by molar-refractivity contribution is 6.06. The van der Waals surface area contributed by atoms with Crippen molar-refractivity contribution in [2.45, 2.75) is 19.9 Å². The van der Waals surface area contributed by atoms with Crippen LogP contribution in [-0.4, -0.2) is 18.4 Å². The van der Waals surface area contributed by atoms with Crippen LogP contribution in [0.25, 0.3) is 0 Å². The number of hydrogen-bond acceptors (Lipinski definition) is 2. The van der Waals surface area contributed by atoms with Crippen molar-refractivity contribution < 1.29 is 9.59 Å². The summed E-state index contributed by atoms with van der Waals surface area (Å²) in [5, 5.41) is 2.68. The van der Waals surface area contributed by atoms with Gasteiger partial charge in [-0.05, 0) is 13.0 Å². The minimum absolute atomic E-state index is 0.0566. The standard InChI is InChI=1S/C12H14N2O2/c1-3-14-10-7-5-4-6-9(10)11(12(14)16)13-8(2)15/h4-7,11H,3H2,1-2H3,(H,13,15). The average Bonchev–Trinajstić information content (AvgIpc) is 2.52. The van der Waals surface area contributed by atoms with Crippen molar-refractivity contribution in [2.75, 3.05) is 11.4 Å². The smallest absolute Gasteiger partial charge is 0.254 e. The van der Waals surface area contributed by atoms with Crippen LogP contribution in [0.1, 0.15) is 25.5 Å². The summed E-state index contributed by atoms with van der Waals surface area (Å²) in [5.74, 6) is -0.245. The van der Waals surface area contributed by atoms with E-state index in [2.05, 4.69) is 5.32 Å². The molecule has 1 aliphatic rings. The maximum Gasteiger partial charge on any atom is 0.254 e. The normalized spacial score (nSPS) is 18.5. The summed E-state index contributed by atoms with van der Waals surface area (Å²) in [6, 6.07) is 7.03. The molecule has 0 saturated heterocycles. The molecule has 1 N–H and O–H groups in total. The van der Waals surface area contributed by atoms with Crippen LogP contribution in [0, 0.1) is 0 Å². The molecule has 1 aliphatic heterocycles. The zero-order chi connectivity index (χ0) is 11.7. The molecule has 0 radical (unpaired) electrons. The number of rotatable bonds is 2. The van der Waals surface area contributed by atoms with Crippen molar-refractivity contribution in [1.82, 2.24) is 5.32 Å². The molecule has 0 bridgehead atoms. The van der Waals surface area contributed by atoms with Crippen LogP contribution in [0.2, 0.25) is 0 Å². The van der Waals surface area contributed by atoms with E-state index in [9.17, 15) is 9.59 Å². The number of anilines is 1. The Labute approximate surface area is 94.2 Å². The highest BCUT2D eigenvalue weighted by Gasteiger charge is 2.36. The fourth-order valence-electron chi connectivity index (χ4n) is 2.05. The summed E-state index contributed by atoms with van der Waals surface area (Å²) in [7, 11) is 0. The minimum atomic E-state index is -0.520. The Balaban J connectivity index is 2.42. The molecule has 0 aliphatic carbocycles. The number of benzene rings is 1. The molecule has 1 heterocycles. The lowest BCUT2D eigenvalue weighted by molar-refractivity contribution is -0.126. The van der Waals surface area contributed by atoms with Gasteiger partial charge < -0.3 is 10.2 Å². The van der Waals surface area contributed by atoms with Gasteiger partial charge in [0.05, 0.1) is 0 Å². The van der Waals surface area contributed by atoms with Crippen LogP contribution < -0.4 is 10.2 Å².